The normalized spacial score (nSPS) is 20.6. The van der Waals surface area contributed by atoms with Gasteiger partial charge in [-0.3, -0.25) is 0 Å². The molecule has 1 aromatic rings. The Morgan fingerprint density at radius 1 is 1.40 bits per heavy atom. The lowest BCUT2D eigenvalue weighted by Gasteiger charge is -2.27. The molecule has 0 radical (unpaired) electrons. The summed E-state index contributed by atoms with van der Waals surface area (Å²) in [6.07, 6.45) is 0.859. The summed E-state index contributed by atoms with van der Waals surface area (Å²) in [7, 11) is 0. The molecular weight excluding hydrogens is 270 g/mol. The molecule has 0 saturated carbocycles. The number of benzene rings is 1. The third kappa shape index (κ3) is 4.40. The summed E-state index contributed by atoms with van der Waals surface area (Å²) in [5, 5.41) is 10.8. The van der Waals surface area contributed by atoms with Crippen molar-refractivity contribution in [3.05, 3.63) is 24.3 Å². The van der Waals surface area contributed by atoms with Crippen LogP contribution < -0.4 is 4.90 Å². The topological polar surface area (TPSA) is 32.7 Å². The standard InChI is InChI=1S/C16H25NO2S/c1-12(2)19-11-14(18)10-17-9-8-13(3)20-16-7-5-4-6-15(16)17/h4-7,12-14,18H,8-11H2,1-3H3. The van der Waals surface area contributed by atoms with E-state index in [9.17, 15) is 5.11 Å². The molecule has 1 aliphatic rings. The summed E-state index contributed by atoms with van der Waals surface area (Å²) in [4.78, 5) is 3.61. The molecule has 2 atom stereocenters. The molecule has 0 bridgehead atoms. The predicted molar refractivity (Wildman–Crippen MR) is 85.7 cm³/mol. The molecule has 2 rings (SSSR count). The summed E-state index contributed by atoms with van der Waals surface area (Å²) in [5.41, 5.74) is 1.24. The van der Waals surface area contributed by atoms with E-state index in [-0.39, 0.29) is 6.10 Å². The Hall–Kier alpha value is -0.710. The fraction of sp³-hybridized carbons (Fsp3) is 0.625. The number of aliphatic hydroxyl groups excluding tert-OH is 1. The van der Waals surface area contributed by atoms with E-state index in [0.717, 1.165) is 13.0 Å². The molecule has 0 spiro atoms. The van der Waals surface area contributed by atoms with Crippen molar-refractivity contribution in [2.24, 2.45) is 0 Å². The molecule has 1 aliphatic heterocycles. The highest BCUT2D eigenvalue weighted by atomic mass is 32.2. The van der Waals surface area contributed by atoms with Gasteiger partial charge in [-0.05, 0) is 32.4 Å². The maximum absolute atomic E-state index is 10.2. The van der Waals surface area contributed by atoms with E-state index in [1.807, 2.05) is 25.6 Å². The maximum Gasteiger partial charge on any atom is 0.0948 e. The van der Waals surface area contributed by atoms with Gasteiger partial charge in [-0.1, -0.05) is 19.1 Å². The Labute approximate surface area is 126 Å². The fourth-order valence-electron chi connectivity index (χ4n) is 2.35. The van der Waals surface area contributed by atoms with Crippen LogP contribution in [0.1, 0.15) is 27.2 Å². The van der Waals surface area contributed by atoms with Crippen LogP contribution in [0, 0.1) is 0 Å². The largest absolute Gasteiger partial charge is 0.389 e. The summed E-state index contributed by atoms with van der Waals surface area (Å²) >= 11 is 1.93. The second-order valence-corrected chi connectivity index (χ2v) is 7.15. The smallest absolute Gasteiger partial charge is 0.0948 e. The third-order valence-corrected chi connectivity index (χ3v) is 4.63. The van der Waals surface area contributed by atoms with Gasteiger partial charge in [-0.2, -0.15) is 0 Å². The second-order valence-electron chi connectivity index (χ2n) is 5.67. The van der Waals surface area contributed by atoms with E-state index in [1.54, 1.807) is 0 Å². The molecule has 1 heterocycles. The fourth-order valence-corrected chi connectivity index (χ4v) is 3.48. The number of ether oxygens (including phenoxy) is 1. The summed E-state index contributed by atoms with van der Waals surface area (Å²) in [5.74, 6) is 0. The summed E-state index contributed by atoms with van der Waals surface area (Å²) < 4.78 is 5.50. The zero-order valence-electron chi connectivity index (χ0n) is 12.6. The molecule has 20 heavy (non-hydrogen) atoms. The van der Waals surface area contributed by atoms with E-state index in [1.165, 1.54) is 10.6 Å². The van der Waals surface area contributed by atoms with Crippen LogP contribution in [0.15, 0.2) is 29.2 Å². The number of para-hydroxylation sites is 1. The first kappa shape index (κ1) is 15.7. The number of aliphatic hydroxyl groups is 1. The van der Waals surface area contributed by atoms with Crippen LogP contribution in [0.25, 0.3) is 0 Å². The molecule has 3 nitrogen and oxygen atoms in total. The van der Waals surface area contributed by atoms with Crippen LogP contribution in [0.4, 0.5) is 5.69 Å². The minimum Gasteiger partial charge on any atom is -0.389 e. The third-order valence-electron chi connectivity index (χ3n) is 3.39. The number of hydrogen-bond donors (Lipinski definition) is 1. The lowest BCUT2D eigenvalue weighted by molar-refractivity contribution is 0.00887. The van der Waals surface area contributed by atoms with Gasteiger partial charge < -0.3 is 14.7 Å². The van der Waals surface area contributed by atoms with Crippen LogP contribution >= 0.6 is 11.8 Å². The maximum atomic E-state index is 10.2. The summed E-state index contributed by atoms with van der Waals surface area (Å²) in [6.45, 7) is 8.28. The molecule has 4 heteroatoms. The highest BCUT2D eigenvalue weighted by Crippen LogP contribution is 2.37. The van der Waals surface area contributed by atoms with Gasteiger partial charge in [0.2, 0.25) is 0 Å². The van der Waals surface area contributed by atoms with Crippen molar-refractivity contribution >= 4 is 17.4 Å². The zero-order chi connectivity index (χ0) is 14.5. The van der Waals surface area contributed by atoms with Gasteiger partial charge in [0.1, 0.15) is 0 Å². The molecule has 112 valence electrons. The molecule has 0 aliphatic carbocycles. The van der Waals surface area contributed by atoms with Crippen LogP contribution in [0.5, 0.6) is 0 Å². The molecule has 0 aromatic heterocycles. The molecular formula is C16H25NO2S. The highest BCUT2D eigenvalue weighted by Gasteiger charge is 2.21. The minimum absolute atomic E-state index is 0.164. The van der Waals surface area contributed by atoms with Gasteiger partial charge in [0.25, 0.3) is 0 Å². The average molecular weight is 295 g/mol. The SMILES string of the molecule is CC(C)OCC(O)CN1CCC(C)Sc2ccccc21. The molecule has 2 unspecified atom stereocenters. The number of hydrogen-bond acceptors (Lipinski definition) is 4. The van der Waals surface area contributed by atoms with Gasteiger partial charge >= 0.3 is 0 Å². The molecule has 1 N–H and O–H groups in total. The van der Waals surface area contributed by atoms with Crippen molar-refractivity contribution in [1.82, 2.24) is 0 Å². The Bertz CT molecular complexity index is 425. The van der Waals surface area contributed by atoms with Crippen molar-refractivity contribution in [2.45, 2.75) is 49.5 Å². The number of fused-ring (bicyclic) bond motifs is 1. The van der Waals surface area contributed by atoms with Crippen molar-refractivity contribution in [3.63, 3.8) is 0 Å². The highest BCUT2D eigenvalue weighted by molar-refractivity contribution is 8.00. The number of β-amino-alcohol motifs (C(OH)–C–C–N with tert-alkyl or cyclic N) is 1. The predicted octanol–water partition coefficient (Wildman–Crippen LogP) is 3.16. The zero-order valence-corrected chi connectivity index (χ0v) is 13.4. The van der Waals surface area contributed by atoms with Gasteiger partial charge in [-0.25, -0.2) is 0 Å². The van der Waals surface area contributed by atoms with Gasteiger partial charge in [0.15, 0.2) is 0 Å². The number of thioether (sulfide) groups is 1. The van der Waals surface area contributed by atoms with E-state index in [2.05, 4.69) is 36.1 Å². The lowest BCUT2D eigenvalue weighted by Crippen LogP contribution is -2.36. The Morgan fingerprint density at radius 2 is 2.15 bits per heavy atom. The van der Waals surface area contributed by atoms with Crippen LogP contribution in [0.2, 0.25) is 0 Å². The van der Waals surface area contributed by atoms with Crippen molar-refractivity contribution < 1.29 is 9.84 Å². The van der Waals surface area contributed by atoms with Gasteiger partial charge in [0, 0.05) is 23.2 Å². The van der Waals surface area contributed by atoms with Crippen LogP contribution in [0.3, 0.4) is 0 Å². The number of anilines is 1. The Balaban J connectivity index is 2.04. The monoisotopic (exact) mass is 295 g/mol. The number of nitrogens with zero attached hydrogens (tertiary/aromatic N) is 1. The van der Waals surface area contributed by atoms with Crippen molar-refractivity contribution in [1.29, 1.82) is 0 Å². The van der Waals surface area contributed by atoms with Gasteiger partial charge in [0.05, 0.1) is 24.5 Å². The van der Waals surface area contributed by atoms with Crippen molar-refractivity contribution in [3.8, 4) is 0 Å². The summed E-state index contributed by atoms with van der Waals surface area (Å²) in [6, 6.07) is 8.47. The molecule has 1 aromatic carbocycles. The van der Waals surface area contributed by atoms with Gasteiger partial charge in [-0.15, -0.1) is 11.8 Å². The van der Waals surface area contributed by atoms with Crippen LogP contribution in [-0.4, -0.2) is 42.3 Å². The van der Waals surface area contributed by atoms with E-state index < -0.39 is 6.10 Å². The molecule has 0 amide bonds. The Kier molecular flexibility index (Phi) is 5.75. The Morgan fingerprint density at radius 3 is 2.90 bits per heavy atom. The number of rotatable bonds is 5. The second kappa shape index (κ2) is 7.34. The molecule has 0 fully saturated rings. The first-order chi connectivity index (χ1) is 9.56. The van der Waals surface area contributed by atoms with E-state index in [4.69, 9.17) is 4.74 Å². The van der Waals surface area contributed by atoms with Crippen molar-refractivity contribution in [2.75, 3.05) is 24.6 Å². The van der Waals surface area contributed by atoms with Crippen LogP contribution in [-0.2, 0) is 4.74 Å². The quantitative estimate of drug-likeness (QED) is 0.904. The average Bonchev–Trinajstić information content (AvgIpc) is 2.56. The van der Waals surface area contributed by atoms with E-state index >= 15 is 0 Å². The first-order valence-electron chi connectivity index (χ1n) is 7.36. The lowest BCUT2D eigenvalue weighted by atomic mass is 10.2. The van der Waals surface area contributed by atoms with E-state index in [0.29, 0.717) is 18.4 Å². The minimum atomic E-state index is -0.441. The molecule has 0 saturated heterocycles. The first-order valence-corrected chi connectivity index (χ1v) is 8.24.